The molecule has 21 N–H and O–H groups in total. The standard InChI is InChI=1S/2C12H17N2O13P3S.C11H15N2O14P3S/c2*1-3-12(17)10(16)8(25-11(12)14-5-4-9(15)13-7(14)2)6-24-30(23,31)27-29(21,22)26-28(18,19)20;1-2-11(17)8(15)6(25-9(11)13-4-3-7(14)12-10(13)16)5-24-30(23,31)27-29(21,22)26-28(18,19)20/h2*1,4-5,8,10-11,16-17H,2,6H2,(H,13,15)(H,21,22)(H,23,31)(H2,18,19,20);1,3-4,6,8-9,15,17H,5H2,(H,21,22)(H,23,31)(H,12,14,16)(H2,18,19,20)/t2*8-,10-,11-,12-,30?;6-,8-,9-,11-,30?/m111/s1. The topological polar surface area (TPSA) is 697 Å². The molecule has 6 rings (SSSR count). The van der Waals surface area contributed by atoms with Gasteiger partial charge in [0.25, 0.3) is 17.4 Å². The fourth-order valence-corrected chi connectivity index (χ4v) is 19.4. The zero-order valence-corrected chi connectivity index (χ0v) is 55.5. The first-order valence-electron chi connectivity index (χ1n) is 23.2. The number of nitrogens with zero attached hydrogens (tertiary/aromatic N) is 3. The van der Waals surface area contributed by atoms with E-state index < -0.39 is 182 Å². The molecule has 1 aromatic heterocycles. The average molecular weight is 1570 g/mol. The van der Waals surface area contributed by atoms with Gasteiger partial charge >= 0.3 is 72.8 Å². The number of aromatic amines is 1. The number of hydrogen-bond donors (Lipinski definition) is 21. The van der Waals surface area contributed by atoms with E-state index in [-0.39, 0.29) is 11.6 Å². The lowest BCUT2D eigenvalue weighted by Crippen LogP contribution is -2.54. The van der Waals surface area contributed by atoms with Crippen LogP contribution in [0.15, 0.2) is 71.2 Å². The molecule has 58 heteroatoms. The van der Waals surface area contributed by atoms with E-state index in [1.165, 1.54) is 12.4 Å². The van der Waals surface area contributed by atoms with Crippen LogP contribution in [0.3, 0.4) is 0 Å². The largest absolute Gasteiger partial charge is 0.488 e. The third kappa shape index (κ3) is 23.0. The summed E-state index contributed by atoms with van der Waals surface area (Å²) < 4.78 is 120. The molecule has 0 aliphatic carbocycles. The van der Waals surface area contributed by atoms with Gasteiger partial charge in [-0.1, -0.05) is 30.9 Å². The minimum absolute atomic E-state index is 0.0497. The summed E-state index contributed by atoms with van der Waals surface area (Å²) in [6.45, 7) is -9.62. The van der Waals surface area contributed by atoms with E-state index >= 15 is 0 Å². The normalized spacial score (nSPS) is 32.0. The maximum absolute atomic E-state index is 12.0. The highest BCUT2D eigenvalue weighted by molar-refractivity contribution is 8.09. The summed E-state index contributed by atoms with van der Waals surface area (Å²) in [4.78, 5) is 158. The molecule has 0 radical (unpaired) electrons. The summed E-state index contributed by atoms with van der Waals surface area (Å²) in [7, 11) is -33.1. The number of aromatic nitrogens is 2. The number of H-pyrrole nitrogens is 1. The SMILES string of the molecule is C#C[C@@]1(O)[C@H](O)[C@@H](COP(O)(=S)OP(=O)(O)OP(=O)(O)O)O[C@H]1N1C=CC(=O)NC1=C.C#C[C@@]1(O)[C@H](O)[C@@H](COP(O)(=S)OP(=O)(O)OP(=O)(O)O)O[C@H]1N1C=CC(=O)NC1=C.C#C[C@@]1(O)[C@H](O)[C@@H](COP(O)(=S)OP(=O)(O)OP(=O)(O)O)O[C@H]1n1ccc(=O)[nH]c1=O. The van der Waals surface area contributed by atoms with Crippen LogP contribution in [0.4, 0.5) is 0 Å². The Bertz CT molecular complexity index is 3700. The average Bonchev–Trinajstić information content (AvgIpc) is 1.64. The molecule has 93 heavy (non-hydrogen) atoms. The Balaban J connectivity index is 0.000000297. The van der Waals surface area contributed by atoms with Gasteiger partial charge in [-0.15, -0.1) is 19.3 Å². The summed E-state index contributed by atoms with van der Waals surface area (Å²) >= 11 is 13.3. The van der Waals surface area contributed by atoms with Crippen LogP contribution in [-0.4, -0.2) is 206 Å². The minimum atomic E-state index is -5.57. The summed E-state index contributed by atoms with van der Waals surface area (Å²) in [5, 5.41) is 67.7. The third-order valence-corrected chi connectivity index (χ3v) is 25.3. The summed E-state index contributed by atoms with van der Waals surface area (Å²) in [5.74, 6) is 4.61. The molecular formula is C35H49N6O40P9S3. The monoisotopic (exact) mass is 1570 g/mol. The Morgan fingerprint density at radius 1 is 0.516 bits per heavy atom. The molecular weight excluding hydrogens is 1520 g/mol. The second kappa shape index (κ2) is 30.6. The smallest absolute Gasteiger partial charge is 0.386 e. The van der Waals surface area contributed by atoms with Crippen molar-refractivity contribution < 1.29 is 180 Å². The Morgan fingerprint density at radius 3 is 1.05 bits per heavy atom. The van der Waals surface area contributed by atoms with Crippen molar-refractivity contribution in [2.24, 2.45) is 0 Å². The molecule has 0 spiro atoms. The van der Waals surface area contributed by atoms with Crippen molar-refractivity contribution in [2.45, 2.75) is 72.1 Å². The van der Waals surface area contributed by atoms with E-state index in [2.05, 4.69) is 89.6 Å². The number of terminal acetylenes is 3. The third-order valence-electron chi connectivity index (χ3n) is 11.1. The highest BCUT2D eigenvalue weighted by Crippen LogP contribution is 2.69. The van der Waals surface area contributed by atoms with Crippen LogP contribution in [-0.2, 0) is 126 Å². The number of aliphatic hydroxyl groups is 6. The molecule has 3 fully saturated rings. The number of amides is 2. The predicted molar refractivity (Wildman–Crippen MR) is 308 cm³/mol. The Kier molecular flexibility index (Phi) is 27.1. The van der Waals surface area contributed by atoms with Crippen molar-refractivity contribution in [3.8, 4) is 37.0 Å². The number of phosphoric acid groups is 6. The number of nitrogens with one attached hydrogen (secondary N) is 3. The van der Waals surface area contributed by atoms with Crippen LogP contribution in [0.2, 0.25) is 0 Å². The van der Waals surface area contributed by atoms with Crippen LogP contribution < -0.4 is 21.9 Å². The van der Waals surface area contributed by atoms with E-state index in [9.17, 15) is 107 Å². The summed E-state index contributed by atoms with van der Waals surface area (Å²) in [6, 6.07) is 0.902. The number of carbonyl (C=O) groups excluding carboxylic acids is 2. The van der Waals surface area contributed by atoms with Crippen molar-refractivity contribution >= 4 is 114 Å². The van der Waals surface area contributed by atoms with Crippen molar-refractivity contribution in [1.82, 2.24) is 30.0 Å². The van der Waals surface area contributed by atoms with Gasteiger partial charge in [0.05, 0.1) is 19.8 Å². The molecule has 6 heterocycles. The van der Waals surface area contributed by atoms with Crippen molar-refractivity contribution in [3.05, 3.63) is 82.5 Å². The maximum Gasteiger partial charge on any atom is 0.488 e. The second-order valence-corrected chi connectivity index (χ2v) is 35.2. The lowest BCUT2D eigenvalue weighted by molar-refractivity contribution is -0.120. The van der Waals surface area contributed by atoms with Gasteiger partial charge in [-0.05, 0) is 35.4 Å². The number of ether oxygens (including phenoxy) is 3. The molecule has 5 aliphatic rings. The van der Waals surface area contributed by atoms with Crippen molar-refractivity contribution in [3.63, 3.8) is 0 Å². The molecule has 18 atom stereocenters. The van der Waals surface area contributed by atoms with Crippen LogP contribution in [0, 0.1) is 37.0 Å². The molecule has 6 unspecified atom stereocenters. The lowest BCUT2D eigenvalue weighted by atomic mass is 9.94. The van der Waals surface area contributed by atoms with Crippen molar-refractivity contribution in [1.29, 1.82) is 0 Å². The zero-order valence-electron chi connectivity index (χ0n) is 45.1. The van der Waals surface area contributed by atoms with Crippen LogP contribution in [0.5, 0.6) is 0 Å². The van der Waals surface area contributed by atoms with Gasteiger partial charge in [0.15, 0.2) is 35.5 Å². The van der Waals surface area contributed by atoms with E-state index in [1.807, 2.05) is 22.7 Å². The highest BCUT2D eigenvalue weighted by atomic mass is 32.5. The number of hydrogen-bond acceptors (Lipinski definition) is 33. The Labute approximate surface area is 533 Å². The van der Waals surface area contributed by atoms with Gasteiger partial charge in [0, 0.05) is 36.8 Å². The molecule has 0 bridgehead atoms. The number of aliphatic hydroxyl groups excluding tert-OH is 3. The van der Waals surface area contributed by atoms with Gasteiger partial charge in [-0.25, -0.2) is 45.1 Å². The molecule has 2 amide bonds. The molecule has 3 saturated heterocycles. The molecule has 5 aliphatic heterocycles. The molecule has 0 aromatic carbocycles. The fraction of sp³-hybridized carbons (Fsp3) is 0.429. The number of rotatable bonds is 24. The van der Waals surface area contributed by atoms with Crippen LogP contribution >= 0.6 is 67.1 Å². The highest BCUT2D eigenvalue weighted by Gasteiger charge is 2.60. The Morgan fingerprint density at radius 2 is 0.796 bits per heavy atom. The van der Waals surface area contributed by atoms with Crippen molar-refractivity contribution in [2.75, 3.05) is 19.8 Å². The first-order valence-corrected chi connectivity index (χ1v) is 40.0. The van der Waals surface area contributed by atoms with E-state index in [4.69, 9.17) is 71.9 Å². The Hall–Kier alpha value is -3.01. The maximum atomic E-state index is 12.0. The van der Waals surface area contributed by atoms with Gasteiger partial charge in [0.2, 0.25) is 0 Å². The molecule has 0 saturated carbocycles. The van der Waals surface area contributed by atoms with Crippen LogP contribution in [0.1, 0.15) is 6.23 Å². The second-order valence-electron chi connectivity index (χ2n) is 17.8. The fourth-order valence-electron chi connectivity index (χ4n) is 7.45. The van der Waals surface area contributed by atoms with E-state index in [0.717, 1.165) is 34.2 Å². The molecule has 46 nitrogen and oxygen atoms in total. The van der Waals surface area contributed by atoms with Gasteiger partial charge in [0.1, 0.15) is 48.3 Å². The predicted octanol–water partition coefficient (Wildman–Crippen LogP) is -5.76. The van der Waals surface area contributed by atoms with Gasteiger partial charge in [-0.2, -0.15) is 12.9 Å². The zero-order chi connectivity index (χ0) is 71.5. The number of carbonyl (C=O) groups is 2. The van der Waals surface area contributed by atoms with Gasteiger partial charge < -0.3 is 138 Å². The summed E-state index contributed by atoms with van der Waals surface area (Å²) in [6.07, 6.45) is 6.24. The molecule has 522 valence electrons. The van der Waals surface area contributed by atoms with Crippen LogP contribution in [0.25, 0.3) is 0 Å². The molecule has 1 aromatic rings. The lowest BCUT2D eigenvalue weighted by Gasteiger charge is -2.36. The van der Waals surface area contributed by atoms with E-state index in [1.54, 1.807) is 0 Å². The first-order chi connectivity index (χ1) is 42.0. The quantitative estimate of drug-likeness (QED) is 0.0339. The first kappa shape index (κ1) is 82.4. The summed E-state index contributed by atoms with van der Waals surface area (Å²) in [5.41, 5.74) is -9.11. The van der Waals surface area contributed by atoms with Gasteiger partial charge in [-0.3, -0.25) is 23.9 Å². The minimum Gasteiger partial charge on any atom is -0.386 e. The van der Waals surface area contributed by atoms with E-state index in [0.29, 0.717) is 4.57 Å².